The number of hydrogen-bond acceptors (Lipinski definition) is 5. The first kappa shape index (κ1) is 13.8. The van der Waals surface area contributed by atoms with Crippen LogP contribution < -0.4 is 16.2 Å². The normalized spacial score (nSPS) is 11.9. The van der Waals surface area contributed by atoms with Gasteiger partial charge in [0.05, 0.1) is 5.69 Å². The van der Waals surface area contributed by atoms with Crippen molar-refractivity contribution >= 4 is 11.3 Å². The Morgan fingerprint density at radius 3 is 2.26 bits per heavy atom. The monoisotopic (exact) mass is 289 g/mol. The lowest BCUT2D eigenvalue weighted by Crippen LogP contribution is -2.19. The summed E-state index contributed by atoms with van der Waals surface area (Å²) in [5.74, 6) is -0.276. The topological polar surface area (TPSA) is 74.2 Å². The molecule has 2 aromatic rings. The highest BCUT2D eigenvalue weighted by molar-refractivity contribution is 7.10. The third-order valence-electron chi connectivity index (χ3n) is 2.19. The Morgan fingerprint density at radius 1 is 1.16 bits per heavy atom. The molecule has 102 valence electrons. The molecule has 0 bridgehead atoms. The molecular formula is C11H10F3N3OS. The van der Waals surface area contributed by atoms with Gasteiger partial charge in [0.25, 0.3) is 0 Å². The SMILES string of the molecule is NC(N)c1nc(-c2ccc(OC(F)(F)F)cc2)cs1. The fraction of sp³-hybridized carbons (Fsp3) is 0.182. The number of halogens is 3. The quantitative estimate of drug-likeness (QED) is 0.852. The summed E-state index contributed by atoms with van der Waals surface area (Å²) in [6.45, 7) is 0. The molecule has 0 amide bonds. The van der Waals surface area contributed by atoms with Gasteiger partial charge < -0.3 is 16.2 Å². The van der Waals surface area contributed by atoms with Gasteiger partial charge in [-0.05, 0) is 24.3 Å². The zero-order valence-corrected chi connectivity index (χ0v) is 10.3. The van der Waals surface area contributed by atoms with E-state index in [2.05, 4.69) is 9.72 Å². The molecule has 0 fully saturated rings. The Kier molecular flexibility index (Phi) is 3.74. The number of thiazole rings is 1. The van der Waals surface area contributed by atoms with Gasteiger partial charge in [-0.1, -0.05) is 0 Å². The van der Waals surface area contributed by atoms with Gasteiger partial charge in [-0.15, -0.1) is 24.5 Å². The Hall–Kier alpha value is -1.64. The Morgan fingerprint density at radius 2 is 1.79 bits per heavy atom. The smallest absolute Gasteiger partial charge is 0.406 e. The third-order valence-corrected chi connectivity index (χ3v) is 3.14. The first-order chi connectivity index (χ1) is 8.85. The van der Waals surface area contributed by atoms with E-state index in [0.29, 0.717) is 16.3 Å². The van der Waals surface area contributed by atoms with Gasteiger partial charge in [-0.25, -0.2) is 4.98 Å². The molecule has 1 aromatic carbocycles. The lowest BCUT2D eigenvalue weighted by Gasteiger charge is -2.08. The minimum absolute atomic E-state index is 0.276. The van der Waals surface area contributed by atoms with E-state index in [0.717, 1.165) is 0 Å². The number of ether oxygens (including phenoxy) is 1. The molecule has 2 rings (SSSR count). The number of nitrogens with two attached hydrogens (primary N) is 2. The lowest BCUT2D eigenvalue weighted by molar-refractivity contribution is -0.274. The van der Waals surface area contributed by atoms with Crippen molar-refractivity contribution in [2.75, 3.05) is 0 Å². The van der Waals surface area contributed by atoms with Crippen molar-refractivity contribution in [1.29, 1.82) is 0 Å². The van der Waals surface area contributed by atoms with Crippen molar-refractivity contribution in [2.45, 2.75) is 12.5 Å². The molecule has 0 spiro atoms. The van der Waals surface area contributed by atoms with E-state index < -0.39 is 12.5 Å². The number of alkyl halides is 3. The summed E-state index contributed by atoms with van der Waals surface area (Å²) in [6.07, 6.45) is -5.35. The summed E-state index contributed by atoms with van der Waals surface area (Å²) in [5.41, 5.74) is 12.2. The second-order valence-corrected chi connectivity index (χ2v) is 4.56. The molecule has 1 heterocycles. The van der Waals surface area contributed by atoms with Crippen molar-refractivity contribution in [3.8, 4) is 17.0 Å². The number of rotatable bonds is 3. The summed E-state index contributed by atoms with van der Waals surface area (Å²) in [5, 5.41) is 2.30. The molecule has 0 unspecified atom stereocenters. The van der Waals surface area contributed by atoms with Crippen molar-refractivity contribution in [3.05, 3.63) is 34.7 Å². The first-order valence-corrected chi connectivity index (χ1v) is 6.06. The van der Waals surface area contributed by atoms with Gasteiger partial charge in [0.1, 0.15) is 16.9 Å². The minimum atomic E-state index is -4.69. The maximum absolute atomic E-state index is 12.0. The summed E-state index contributed by atoms with van der Waals surface area (Å²) in [7, 11) is 0. The zero-order chi connectivity index (χ0) is 14.0. The van der Waals surface area contributed by atoms with Crippen LogP contribution in [0.25, 0.3) is 11.3 Å². The number of nitrogens with zero attached hydrogens (tertiary/aromatic N) is 1. The highest BCUT2D eigenvalue weighted by Crippen LogP contribution is 2.27. The van der Waals surface area contributed by atoms with Crippen molar-refractivity contribution in [1.82, 2.24) is 4.98 Å². The van der Waals surface area contributed by atoms with Crippen LogP contribution in [-0.2, 0) is 0 Å². The van der Waals surface area contributed by atoms with Crippen molar-refractivity contribution in [3.63, 3.8) is 0 Å². The van der Waals surface area contributed by atoms with Gasteiger partial charge in [0, 0.05) is 10.9 Å². The molecule has 8 heteroatoms. The van der Waals surface area contributed by atoms with Crippen LogP contribution in [0.15, 0.2) is 29.6 Å². The molecule has 0 aliphatic rings. The Labute approximate surface area is 110 Å². The molecule has 0 saturated carbocycles. The van der Waals surface area contributed by atoms with E-state index in [1.54, 1.807) is 5.38 Å². The zero-order valence-electron chi connectivity index (χ0n) is 9.52. The van der Waals surface area contributed by atoms with Crippen molar-refractivity contribution < 1.29 is 17.9 Å². The molecular weight excluding hydrogens is 279 g/mol. The second-order valence-electron chi connectivity index (χ2n) is 3.67. The summed E-state index contributed by atoms with van der Waals surface area (Å²) in [4.78, 5) is 4.19. The van der Waals surface area contributed by atoms with Crippen LogP contribution in [0.1, 0.15) is 11.2 Å². The maximum atomic E-state index is 12.0. The molecule has 4 nitrogen and oxygen atoms in total. The molecule has 0 aliphatic heterocycles. The summed E-state index contributed by atoms with van der Waals surface area (Å²) >= 11 is 1.29. The predicted molar refractivity (Wildman–Crippen MR) is 65.3 cm³/mol. The van der Waals surface area contributed by atoms with Crippen LogP contribution in [0, 0.1) is 0 Å². The van der Waals surface area contributed by atoms with Crippen LogP contribution in [0.3, 0.4) is 0 Å². The second kappa shape index (κ2) is 5.16. The number of hydrogen-bond donors (Lipinski definition) is 2. The Balaban J connectivity index is 2.17. The van der Waals surface area contributed by atoms with Crippen LogP contribution in [0.2, 0.25) is 0 Å². The fourth-order valence-electron chi connectivity index (χ4n) is 1.40. The van der Waals surface area contributed by atoms with Gasteiger partial charge in [0.15, 0.2) is 0 Å². The van der Waals surface area contributed by atoms with Crippen molar-refractivity contribution in [2.24, 2.45) is 11.5 Å². The molecule has 0 aliphatic carbocycles. The maximum Gasteiger partial charge on any atom is 0.573 e. The minimum Gasteiger partial charge on any atom is -0.406 e. The van der Waals surface area contributed by atoms with E-state index in [4.69, 9.17) is 11.5 Å². The van der Waals surface area contributed by atoms with E-state index in [1.165, 1.54) is 35.6 Å². The van der Waals surface area contributed by atoms with Crippen LogP contribution in [0.4, 0.5) is 13.2 Å². The van der Waals surface area contributed by atoms with Crippen LogP contribution in [0.5, 0.6) is 5.75 Å². The van der Waals surface area contributed by atoms with E-state index in [-0.39, 0.29) is 5.75 Å². The number of benzene rings is 1. The van der Waals surface area contributed by atoms with Gasteiger partial charge in [-0.2, -0.15) is 0 Å². The average molecular weight is 289 g/mol. The van der Waals surface area contributed by atoms with Gasteiger partial charge in [-0.3, -0.25) is 0 Å². The lowest BCUT2D eigenvalue weighted by atomic mass is 10.2. The molecule has 19 heavy (non-hydrogen) atoms. The standard InChI is InChI=1S/C11H10F3N3OS/c12-11(13,14)18-7-3-1-6(2-4-7)8-5-19-10(17-8)9(15)16/h1-5,9H,15-16H2. The van der Waals surface area contributed by atoms with Crippen LogP contribution in [-0.4, -0.2) is 11.3 Å². The summed E-state index contributed by atoms with van der Waals surface area (Å²) in [6, 6.07) is 5.43. The van der Waals surface area contributed by atoms with Gasteiger partial charge >= 0.3 is 6.36 Å². The number of aromatic nitrogens is 1. The highest BCUT2D eigenvalue weighted by atomic mass is 32.1. The molecule has 1 aromatic heterocycles. The largest absolute Gasteiger partial charge is 0.573 e. The average Bonchev–Trinajstić information content (AvgIpc) is 2.77. The molecule has 4 N–H and O–H groups in total. The highest BCUT2D eigenvalue weighted by Gasteiger charge is 2.30. The Bertz CT molecular complexity index is 551. The molecule has 0 radical (unpaired) electrons. The first-order valence-electron chi connectivity index (χ1n) is 5.18. The predicted octanol–water partition coefficient (Wildman–Crippen LogP) is 2.62. The fourth-order valence-corrected chi connectivity index (χ4v) is 2.13. The van der Waals surface area contributed by atoms with Gasteiger partial charge in [0.2, 0.25) is 0 Å². The third kappa shape index (κ3) is 3.66. The van der Waals surface area contributed by atoms with E-state index >= 15 is 0 Å². The van der Waals surface area contributed by atoms with E-state index in [9.17, 15) is 13.2 Å². The molecule has 0 atom stereocenters. The molecule has 0 saturated heterocycles. The summed E-state index contributed by atoms with van der Waals surface area (Å²) < 4.78 is 39.8. The van der Waals surface area contributed by atoms with Crippen LogP contribution >= 0.6 is 11.3 Å². The van der Waals surface area contributed by atoms with E-state index in [1.807, 2.05) is 0 Å².